The molecule has 2 aromatic heterocycles. The summed E-state index contributed by atoms with van der Waals surface area (Å²) in [6, 6.07) is 8.15. The zero-order valence-corrected chi connectivity index (χ0v) is 13.7. The summed E-state index contributed by atoms with van der Waals surface area (Å²) in [5.74, 6) is 1.72. The average Bonchev–Trinajstić information content (AvgIpc) is 3.12. The minimum atomic E-state index is -0.283. The normalized spacial score (nSPS) is 15.5. The van der Waals surface area contributed by atoms with Crippen LogP contribution in [-0.4, -0.2) is 46.0 Å². The summed E-state index contributed by atoms with van der Waals surface area (Å²) < 4.78 is 19.1. The number of hydrogen-bond donors (Lipinski definition) is 0. The Morgan fingerprint density at radius 3 is 2.56 bits per heavy atom. The highest BCUT2D eigenvalue weighted by Crippen LogP contribution is 2.22. The molecule has 1 aromatic carbocycles. The highest BCUT2D eigenvalue weighted by atomic mass is 19.1. The number of piperazine rings is 1. The van der Waals surface area contributed by atoms with Gasteiger partial charge in [0.15, 0.2) is 5.76 Å². The predicted molar refractivity (Wildman–Crippen MR) is 91.4 cm³/mol. The van der Waals surface area contributed by atoms with Gasteiger partial charge in [0.2, 0.25) is 11.8 Å². The molecular weight excluding hydrogens is 321 g/mol. The summed E-state index contributed by atoms with van der Waals surface area (Å²) in [5, 5.41) is 0. The third-order valence-corrected chi connectivity index (χ3v) is 4.23. The van der Waals surface area contributed by atoms with Gasteiger partial charge in [0, 0.05) is 44.1 Å². The Morgan fingerprint density at radius 1 is 1.00 bits per heavy atom. The first-order chi connectivity index (χ1) is 12.3. The standard InChI is InChI=1S/C18H18FN5O/c19-15-4-1-3-14(11-15)16-12-22-17(25-16)13-23-7-9-24(10-8-23)18-20-5-2-6-21-18/h1-6,11-12H,7-10,13H2. The topological polar surface area (TPSA) is 58.3 Å². The largest absolute Gasteiger partial charge is 0.439 e. The molecule has 0 spiro atoms. The Balaban J connectivity index is 1.36. The lowest BCUT2D eigenvalue weighted by molar-refractivity contribution is 0.226. The number of benzene rings is 1. The molecular formula is C18H18FN5O. The molecule has 1 aliphatic rings. The molecule has 3 heterocycles. The molecule has 7 heteroatoms. The van der Waals surface area contributed by atoms with Crippen molar-refractivity contribution in [1.29, 1.82) is 0 Å². The SMILES string of the molecule is Fc1cccc(-c2cnc(CN3CCN(c4ncccn4)CC3)o2)c1. The van der Waals surface area contributed by atoms with E-state index in [1.807, 2.05) is 12.1 Å². The van der Waals surface area contributed by atoms with Gasteiger partial charge in [-0.05, 0) is 18.2 Å². The van der Waals surface area contributed by atoms with Gasteiger partial charge < -0.3 is 9.32 Å². The smallest absolute Gasteiger partial charge is 0.225 e. The third-order valence-electron chi connectivity index (χ3n) is 4.23. The van der Waals surface area contributed by atoms with Gasteiger partial charge in [-0.3, -0.25) is 4.90 Å². The van der Waals surface area contributed by atoms with Crippen LogP contribution in [0.2, 0.25) is 0 Å². The number of aromatic nitrogens is 3. The minimum Gasteiger partial charge on any atom is -0.439 e. The van der Waals surface area contributed by atoms with Gasteiger partial charge in [-0.1, -0.05) is 12.1 Å². The van der Waals surface area contributed by atoms with Gasteiger partial charge in [-0.15, -0.1) is 0 Å². The van der Waals surface area contributed by atoms with E-state index in [1.54, 1.807) is 24.7 Å². The van der Waals surface area contributed by atoms with Crippen molar-refractivity contribution in [3.05, 3.63) is 60.6 Å². The maximum atomic E-state index is 13.3. The molecule has 25 heavy (non-hydrogen) atoms. The summed E-state index contributed by atoms with van der Waals surface area (Å²) in [5.41, 5.74) is 0.699. The molecule has 6 nitrogen and oxygen atoms in total. The molecule has 0 aliphatic carbocycles. The van der Waals surface area contributed by atoms with Crippen LogP contribution < -0.4 is 4.90 Å². The number of oxazole rings is 1. The molecule has 0 unspecified atom stereocenters. The molecule has 1 fully saturated rings. The van der Waals surface area contributed by atoms with Crippen LogP contribution in [0.1, 0.15) is 5.89 Å². The van der Waals surface area contributed by atoms with Crippen molar-refractivity contribution in [1.82, 2.24) is 19.9 Å². The number of anilines is 1. The van der Waals surface area contributed by atoms with Gasteiger partial charge in [0.1, 0.15) is 5.82 Å². The fraction of sp³-hybridized carbons (Fsp3) is 0.278. The Kier molecular flexibility index (Phi) is 4.39. The van der Waals surface area contributed by atoms with E-state index in [1.165, 1.54) is 12.1 Å². The fourth-order valence-corrected chi connectivity index (χ4v) is 2.91. The lowest BCUT2D eigenvalue weighted by Gasteiger charge is -2.33. The van der Waals surface area contributed by atoms with E-state index in [-0.39, 0.29) is 5.82 Å². The Labute approximate surface area is 145 Å². The Bertz CT molecular complexity index is 830. The van der Waals surface area contributed by atoms with E-state index < -0.39 is 0 Å². The zero-order chi connectivity index (χ0) is 17.1. The third kappa shape index (κ3) is 3.66. The van der Waals surface area contributed by atoms with Crippen LogP contribution in [0.15, 0.2) is 53.3 Å². The Morgan fingerprint density at radius 2 is 1.80 bits per heavy atom. The Hall–Kier alpha value is -2.80. The van der Waals surface area contributed by atoms with E-state index in [0.717, 1.165) is 32.1 Å². The second-order valence-electron chi connectivity index (χ2n) is 5.94. The van der Waals surface area contributed by atoms with Crippen molar-refractivity contribution >= 4 is 5.95 Å². The molecule has 0 radical (unpaired) electrons. The maximum Gasteiger partial charge on any atom is 0.225 e. The lowest BCUT2D eigenvalue weighted by Crippen LogP contribution is -2.46. The van der Waals surface area contributed by atoms with Crippen LogP contribution in [0.25, 0.3) is 11.3 Å². The molecule has 4 rings (SSSR count). The molecule has 1 saturated heterocycles. The quantitative estimate of drug-likeness (QED) is 0.728. The summed E-state index contributed by atoms with van der Waals surface area (Å²) in [6.07, 6.45) is 5.17. The second-order valence-corrected chi connectivity index (χ2v) is 5.94. The summed E-state index contributed by atoms with van der Waals surface area (Å²) in [7, 11) is 0. The minimum absolute atomic E-state index is 0.283. The zero-order valence-electron chi connectivity index (χ0n) is 13.7. The summed E-state index contributed by atoms with van der Waals surface area (Å²) >= 11 is 0. The highest BCUT2D eigenvalue weighted by molar-refractivity contribution is 5.56. The van der Waals surface area contributed by atoms with E-state index in [2.05, 4.69) is 24.8 Å². The maximum absolute atomic E-state index is 13.3. The number of halogens is 1. The van der Waals surface area contributed by atoms with Gasteiger partial charge in [0.05, 0.1) is 12.7 Å². The second kappa shape index (κ2) is 6.98. The van der Waals surface area contributed by atoms with Gasteiger partial charge in [-0.25, -0.2) is 19.3 Å². The monoisotopic (exact) mass is 339 g/mol. The molecule has 0 N–H and O–H groups in total. The number of nitrogens with zero attached hydrogens (tertiary/aromatic N) is 5. The molecule has 0 atom stereocenters. The van der Waals surface area contributed by atoms with Gasteiger partial charge >= 0.3 is 0 Å². The van der Waals surface area contributed by atoms with Crippen LogP contribution in [0.4, 0.5) is 10.3 Å². The highest BCUT2D eigenvalue weighted by Gasteiger charge is 2.20. The molecule has 0 bridgehead atoms. The van der Waals surface area contributed by atoms with Gasteiger partial charge in [-0.2, -0.15) is 0 Å². The van der Waals surface area contributed by atoms with Gasteiger partial charge in [0.25, 0.3) is 0 Å². The first kappa shape index (κ1) is 15.7. The summed E-state index contributed by atoms with van der Waals surface area (Å²) in [4.78, 5) is 17.4. The van der Waals surface area contributed by atoms with Crippen molar-refractivity contribution in [3.63, 3.8) is 0 Å². The van der Waals surface area contributed by atoms with Crippen LogP contribution >= 0.6 is 0 Å². The fourth-order valence-electron chi connectivity index (χ4n) is 2.91. The lowest BCUT2D eigenvalue weighted by atomic mass is 10.2. The molecule has 1 aliphatic heterocycles. The molecule has 3 aromatic rings. The number of rotatable bonds is 4. The van der Waals surface area contributed by atoms with Crippen LogP contribution in [0.5, 0.6) is 0 Å². The van der Waals surface area contributed by atoms with E-state index in [4.69, 9.17) is 4.42 Å². The van der Waals surface area contributed by atoms with Crippen molar-refractivity contribution in [2.75, 3.05) is 31.1 Å². The van der Waals surface area contributed by atoms with Crippen LogP contribution in [-0.2, 0) is 6.54 Å². The first-order valence-electron chi connectivity index (χ1n) is 8.23. The van der Waals surface area contributed by atoms with E-state index in [0.29, 0.717) is 23.8 Å². The van der Waals surface area contributed by atoms with Crippen LogP contribution in [0, 0.1) is 5.82 Å². The van der Waals surface area contributed by atoms with Crippen molar-refractivity contribution < 1.29 is 8.81 Å². The van der Waals surface area contributed by atoms with Crippen molar-refractivity contribution in [3.8, 4) is 11.3 Å². The van der Waals surface area contributed by atoms with E-state index >= 15 is 0 Å². The van der Waals surface area contributed by atoms with Crippen molar-refractivity contribution in [2.45, 2.75) is 6.54 Å². The summed E-state index contributed by atoms with van der Waals surface area (Å²) in [6.45, 7) is 4.13. The average molecular weight is 339 g/mol. The van der Waals surface area contributed by atoms with Crippen molar-refractivity contribution in [2.24, 2.45) is 0 Å². The molecule has 128 valence electrons. The molecule has 0 amide bonds. The van der Waals surface area contributed by atoms with E-state index in [9.17, 15) is 4.39 Å². The predicted octanol–water partition coefficient (Wildman–Crippen LogP) is 2.59. The molecule has 0 saturated carbocycles. The van der Waals surface area contributed by atoms with Crippen LogP contribution in [0.3, 0.4) is 0 Å². The first-order valence-corrected chi connectivity index (χ1v) is 8.23. The number of hydrogen-bond acceptors (Lipinski definition) is 6.